The predicted octanol–water partition coefficient (Wildman–Crippen LogP) is 15.3. The van der Waals surface area contributed by atoms with Crippen molar-refractivity contribution in [3.05, 3.63) is 200 Å². The summed E-state index contributed by atoms with van der Waals surface area (Å²) in [4.78, 5) is 15.0. The van der Waals surface area contributed by atoms with Gasteiger partial charge in [0, 0.05) is 75.2 Å². The Hall–Kier alpha value is -8.39. The minimum Gasteiger partial charge on any atom is -0.455 e. The first-order chi connectivity index (χ1) is 31.7. The molecule has 0 saturated carbocycles. The summed E-state index contributed by atoms with van der Waals surface area (Å²) in [7, 11) is 0. The predicted molar refractivity (Wildman–Crippen MR) is 265 cm³/mol. The van der Waals surface area contributed by atoms with Crippen LogP contribution >= 0.6 is 11.3 Å². The van der Waals surface area contributed by atoms with Crippen LogP contribution in [0.25, 0.3) is 131 Å². The minimum atomic E-state index is 0.647. The Balaban J connectivity index is 0.934. The molecule has 64 heavy (non-hydrogen) atoms. The Kier molecular flexibility index (Phi) is 7.46. The smallest absolute Gasteiger partial charge is 0.164 e. The number of nitrogens with zero attached hydrogens (tertiary/aromatic N) is 5. The number of thiophene rings is 1. The molecule has 0 spiro atoms. The molecule has 0 aliphatic rings. The maximum atomic E-state index is 6.60. The van der Waals surface area contributed by atoms with Crippen molar-refractivity contribution in [2.24, 2.45) is 0 Å². The Morgan fingerprint density at radius 2 is 0.859 bits per heavy atom. The van der Waals surface area contributed by atoms with Crippen molar-refractivity contribution in [2.75, 3.05) is 0 Å². The summed E-state index contributed by atoms with van der Waals surface area (Å²) < 4.78 is 13.9. The van der Waals surface area contributed by atoms with E-state index in [1.807, 2.05) is 78.1 Å². The minimum absolute atomic E-state index is 0.647. The van der Waals surface area contributed by atoms with Gasteiger partial charge in [-0.2, -0.15) is 0 Å². The molecular weight excluding hydrogens is 803 g/mol. The van der Waals surface area contributed by atoms with Gasteiger partial charge in [-0.15, -0.1) is 11.3 Å². The van der Waals surface area contributed by atoms with Gasteiger partial charge >= 0.3 is 0 Å². The van der Waals surface area contributed by atoms with Gasteiger partial charge in [-0.1, -0.05) is 115 Å². The van der Waals surface area contributed by atoms with E-state index in [2.05, 4.69) is 143 Å². The molecule has 0 atom stereocenters. The lowest BCUT2D eigenvalue weighted by atomic mass is 10.1. The highest BCUT2D eigenvalue weighted by molar-refractivity contribution is 7.25. The fourth-order valence-corrected chi connectivity index (χ4v) is 10.9. The molecule has 0 aliphatic heterocycles. The Labute approximate surface area is 369 Å². The molecule has 6 nitrogen and oxygen atoms in total. The normalized spacial score (nSPS) is 12.1. The third-order valence-electron chi connectivity index (χ3n) is 12.8. The third kappa shape index (κ3) is 5.22. The highest BCUT2D eigenvalue weighted by Crippen LogP contribution is 2.43. The number of furan rings is 1. The number of benzene rings is 9. The van der Waals surface area contributed by atoms with E-state index in [0.717, 1.165) is 77.5 Å². The lowest BCUT2D eigenvalue weighted by Gasteiger charge is -2.11. The van der Waals surface area contributed by atoms with Gasteiger partial charge in [0.1, 0.15) is 11.2 Å². The van der Waals surface area contributed by atoms with Crippen molar-refractivity contribution in [3.8, 4) is 45.5 Å². The molecule has 9 aromatic carbocycles. The zero-order valence-corrected chi connectivity index (χ0v) is 34.9. The van der Waals surface area contributed by atoms with E-state index in [-0.39, 0.29) is 0 Å². The van der Waals surface area contributed by atoms with Crippen LogP contribution in [0.15, 0.2) is 205 Å². The number of aromatic nitrogens is 5. The summed E-state index contributed by atoms with van der Waals surface area (Å²) >= 11 is 1.81. The van der Waals surface area contributed by atoms with E-state index in [9.17, 15) is 0 Å². The molecule has 298 valence electrons. The lowest BCUT2D eigenvalue weighted by Crippen LogP contribution is -2.00. The molecule has 5 aromatic heterocycles. The number of fused-ring (bicyclic) bond motifs is 13. The van der Waals surface area contributed by atoms with Gasteiger partial charge in [0.05, 0.1) is 27.5 Å². The van der Waals surface area contributed by atoms with E-state index in [1.165, 1.54) is 36.3 Å². The van der Waals surface area contributed by atoms with Gasteiger partial charge in [0.15, 0.2) is 17.5 Å². The van der Waals surface area contributed by atoms with E-state index in [4.69, 9.17) is 19.4 Å². The van der Waals surface area contributed by atoms with Crippen LogP contribution in [0.1, 0.15) is 0 Å². The largest absolute Gasteiger partial charge is 0.455 e. The Morgan fingerprint density at radius 1 is 0.344 bits per heavy atom. The van der Waals surface area contributed by atoms with E-state index >= 15 is 0 Å². The highest BCUT2D eigenvalue weighted by atomic mass is 32.1. The van der Waals surface area contributed by atoms with Gasteiger partial charge in [0.25, 0.3) is 0 Å². The molecule has 14 rings (SSSR count). The molecule has 0 aliphatic carbocycles. The van der Waals surface area contributed by atoms with Crippen molar-refractivity contribution in [1.29, 1.82) is 0 Å². The maximum Gasteiger partial charge on any atom is 0.164 e. The molecule has 7 heteroatoms. The molecular formula is C57H33N5OS. The average molecular weight is 836 g/mol. The van der Waals surface area contributed by atoms with Gasteiger partial charge < -0.3 is 13.6 Å². The summed E-state index contributed by atoms with van der Waals surface area (Å²) in [5, 5.41) is 9.35. The molecule has 0 bridgehead atoms. The number of hydrogen-bond acceptors (Lipinski definition) is 5. The molecule has 0 saturated heterocycles. The zero-order chi connectivity index (χ0) is 41.9. The van der Waals surface area contributed by atoms with Gasteiger partial charge in [-0.25, -0.2) is 15.0 Å². The molecule has 0 unspecified atom stereocenters. The van der Waals surface area contributed by atoms with E-state index in [1.54, 1.807) is 0 Å². The van der Waals surface area contributed by atoms with Crippen LogP contribution in [0.2, 0.25) is 0 Å². The third-order valence-corrected chi connectivity index (χ3v) is 13.9. The van der Waals surface area contributed by atoms with Crippen molar-refractivity contribution in [2.45, 2.75) is 0 Å². The summed E-state index contributed by atoms with van der Waals surface area (Å²) in [6.45, 7) is 0. The van der Waals surface area contributed by atoms with Crippen LogP contribution < -0.4 is 0 Å². The molecule has 0 radical (unpaired) electrons. The fraction of sp³-hybridized carbons (Fsp3) is 0. The van der Waals surface area contributed by atoms with Crippen LogP contribution in [0, 0.1) is 0 Å². The summed E-state index contributed by atoms with van der Waals surface area (Å²) in [5.74, 6) is 1.95. The molecule has 5 heterocycles. The molecule has 14 aromatic rings. The fourth-order valence-electron chi connectivity index (χ4n) is 9.87. The second-order valence-electron chi connectivity index (χ2n) is 16.4. The van der Waals surface area contributed by atoms with Gasteiger partial charge in [0.2, 0.25) is 0 Å². The monoisotopic (exact) mass is 835 g/mol. The van der Waals surface area contributed by atoms with Gasteiger partial charge in [-0.05, 0) is 84.9 Å². The number of para-hydroxylation sites is 3. The quantitative estimate of drug-likeness (QED) is 0.173. The Morgan fingerprint density at radius 3 is 1.59 bits per heavy atom. The summed E-state index contributed by atoms with van der Waals surface area (Å²) in [6.07, 6.45) is 0. The van der Waals surface area contributed by atoms with Crippen LogP contribution in [0.5, 0.6) is 0 Å². The second kappa shape index (κ2) is 13.6. The van der Waals surface area contributed by atoms with Crippen LogP contribution in [-0.4, -0.2) is 24.1 Å². The summed E-state index contributed by atoms with van der Waals surface area (Å²) in [6, 6.07) is 70.9. The molecule has 0 fully saturated rings. The van der Waals surface area contributed by atoms with Crippen molar-refractivity contribution in [1.82, 2.24) is 24.1 Å². The van der Waals surface area contributed by atoms with E-state index in [0.29, 0.717) is 17.5 Å². The average Bonchev–Trinajstić information content (AvgIpc) is 4.11. The molecule has 0 amide bonds. The topological polar surface area (TPSA) is 61.7 Å². The van der Waals surface area contributed by atoms with Crippen LogP contribution in [0.4, 0.5) is 0 Å². The number of hydrogen-bond donors (Lipinski definition) is 0. The first-order valence-electron chi connectivity index (χ1n) is 21.4. The Bertz CT molecular complexity index is 4140. The zero-order valence-electron chi connectivity index (χ0n) is 34.1. The van der Waals surface area contributed by atoms with E-state index < -0.39 is 0 Å². The molecule has 0 N–H and O–H groups in total. The highest BCUT2D eigenvalue weighted by Gasteiger charge is 2.21. The number of rotatable bonds is 5. The second-order valence-corrected chi connectivity index (χ2v) is 17.5. The first kappa shape index (κ1) is 35.2. The summed E-state index contributed by atoms with van der Waals surface area (Å²) in [5.41, 5.74) is 11.5. The maximum absolute atomic E-state index is 6.60. The van der Waals surface area contributed by atoms with Crippen LogP contribution in [-0.2, 0) is 0 Å². The lowest BCUT2D eigenvalue weighted by molar-refractivity contribution is 0.673. The van der Waals surface area contributed by atoms with Crippen molar-refractivity contribution >= 4 is 97.1 Å². The van der Waals surface area contributed by atoms with Crippen LogP contribution in [0.3, 0.4) is 0 Å². The first-order valence-corrected chi connectivity index (χ1v) is 22.2. The SMILES string of the molecule is c1ccc(-c2nc(-c3ccccc3)nc(-c3ccc4sc5ccc(-n6c7ccccc7c7cc(-n8c9ccccc9c9c%10oc%11ccccc%11c%10ccc98)ccc76)cc5c4c3)n2)cc1. The van der Waals surface area contributed by atoms with Crippen molar-refractivity contribution < 1.29 is 4.42 Å². The van der Waals surface area contributed by atoms with Crippen molar-refractivity contribution in [3.63, 3.8) is 0 Å². The standard InChI is InChI=1S/C57H33N5OS/c1-3-13-34(14-4-1)55-58-56(35-15-5-2-6-16-35)60-57(59-55)36-23-29-51-44(31-36)45-33-38(25-30-52(45)64-51)61-46-20-10-7-17-39(46)43-32-37(24-27-48(43)61)62-47-21-11-8-19-42(47)53-49(62)28-26-41-40-18-9-12-22-50(40)63-54(41)53/h1-33H. The van der Waals surface area contributed by atoms with Gasteiger partial charge in [-0.3, -0.25) is 0 Å².